The van der Waals surface area contributed by atoms with Crippen LogP contribution in [0, 0.1) is 0 Å². The highest BCUT2D eigenvalue weighted by Gasteiger charge is 2.43. The van der Waals surface area contributed by atoms with Gasteiger partial charge in [0.15, 0.2) is 0 Å². The molecule has 0 atom stereocenters. The quantitative estimate of drug-likeness (QED) is 0.695. The number of carbonyl (C=O) groups excluding carboxylic acids is 1. The Morgan fingerprint density at radius 3 is 2.89 bits per heavy atom. The van der Waals surface area contributed by atoms with Crippen molar-refractivity contribution in [2.24, 2.45) is 0 Å². The number of nitrogen functional groups attached to an aromatic ring is 1. The normalized spacial score (nSPS) is 18.2. The van der Waals surface area contributed by atoms with E-state index in [2.05, 4.69) is 21.2 Å². The maximum Gasteiger partial charge on any atom is 0.271 e. The monoisotopic (exact) mass is 395 g/mol. The number of pyridine rings is 1. The van der Waals surface area contributed by atoms with Crippen LogP contribution in [0.4, 0.5) is 5.82 Å². The maximum absolute atomic E-state index is 12.6. The SMILES string of the molecule is Nc1cccc(-c2cc3c(s2)CCOC32CCN(C(=O)c3ccn[nH]3)CC2)n1. The van der Waals surface area contributed by atoms with Crippen LogP contribution < -0.4 is 5.73 Å². The number of nitrogens with zero attached hydrogens (tertiary/aromatic N) is 3. The van der Waals surface area contributed by atoms with Crippen LogP contribution in [0.1, 0.15) is 33.8 Å². The number of likely N-dealkylation sites (tertiary alicyclic amines) is 1. The van der Waals surface area contributed by atoms with Crippen molar-refractivity contribution in [3.05, 3.63) is 52.7 Å². The van der Waals surface area contributed by atoms with E-state index in [1.54, 1.807) is 29.7 Å². The molecule has 0 aromatic carbocycles. The minimum atomic E-state index is -0.312. The van der Waals surface area contributed by atoms with Crippen LogP contribution in [-0.4, -0.2) is 45.7 Å². The summed E-state index contributed by atoms with van der Waals surface area (Å²) >= 11 is 1.78. The zero-order chi connectivity index (χ0) is 19.1. The summed E-state index contributed by atoms with van der Waals surface area (Å²) in [6.45, 7) is 2.05. The highest BCUT2D eigenvalue weighted by Crippen LogP contribution is 2.46. The van der Waals surface area contributed by atoms with Crippen molar-refractivity contribution in [2.75, 3.05) is 25.4 Å². The molecule has 2 aliphatic rings. The van der Waals surface area contributed by atoms with E-state index in [9.17, 15) is 4.79 Å². The van der Waals surface area contributed by atoms with Gasteiger partial charge in [0, 0.05) is 30.6 Å². The number of H-pyrrole nitrogens is 1. The highest BCUT2D eigenvalue weighted by molar-refractivity contribution is 7.15. The molecule has 1 spiro atoms. The zero-order valence-electron chi connectivity index (χ0n) is 15.4. The van der Waals surface area contributed by atoms with Crippen molar-refractivity contribution in [3.63, 3.8) is 0 Å². The number of anilines is 1. The van der Waals surface area contributed by atoms with Crippen molar-refractivity contribution in [3.8, 4) is 10.6 Å². The molecular formula is C20H21N5O2S. The molecule has 3 N–H and O–H groups in total. The molecule has 7 nitrogen and oxygen atoms in total. The van der Waals surface area contributed by atoms with Gasteiger partial charge < -0.3 is 15.4 Å². The molecule has 3 aromatic rings. The van der Waals surface area contributed by atoms with E-state index in [1.165, 1.54) is 10.4 Å². The molecule has 1 fully saturated rings. The molecule has 0 saturated carbocycles. The minimum absolute atomic E-state index is 0.00153. The van der Waals surface area contributed by atoms with Crippen molar-refractivity contribution in [1.29, 1.82) is 0 Å². The number of amides is 1. The molecule has 0 bridgehead atoms. The van der Waals surface area contributed by atoms with Gasteiger partial charge in [-0.05, 0) is 42.7 Å². The Balaban J connectivity index is 1.40. The molecule has 5 heterocycles. The summed E-state index contributed by atoms with van der Waals surface area (Å²) in [5, 5.41) is 6.64. The molecule has 5 rings (SSSR count). The number of rotatable bonds is 2. The standard InChI is InChI=1S/C20H21N5O2S/c21-18-3-1-2-14(23-18)17-12-13-16(28-17)5-11-27-20(13)6-9-25(10-7-20)19(26)15-4-8-22-24-15/h1-4,8,12H,5-7,9-11H2,(H2,21,23)(H,22,24). The number of fused-ring (bicyclic) bond motifs is 2. The summed E-state index contributed by atoms with van der Waals surface area (Å²) in [4.78, 5) is 21.4. The fourth-order valence-corrected chi connectivity index (χ4v) is 5.36. The summed E-state index contributed by atoms with van der Waals surface area (Å²) in [5.74, 6) is 0.527. The van der Waals surface area contributed by atoms with Crippen molar-refractivity contribution in [1.82, 2.24) is 20.1 Å². The van der Waals surface area contributed by atoms with Crippen LogP contribution in [0.15, 0.2) is 36.5 Å². The first kappa shape index (κ1) is 17.4. The third-order valence-corrected chi connectivity index (χ3v) is 6.84. The molecule has 0 unspecified atom stereocenters. The van der Waals surface area contributed by atoms with Gasteiger partial charge in [-0.25, -0.2) is 4.98 Å². The third kappa shape index (κ3) is 2.89. The largest absolute Gasteiger partial charge is 0.384 e. The van der Waals surface area contributed by atoms with Gasteiger partial charge in [-0.15, -0.1) is 11.3 Å². The van der Waals surface area contributed by atoms with Gasteiger partial charge in [0.05, 0.1) is 22.8 Å². The number of piperidine rings is 1. The lowest BCUT2D eigenvalue weighted by atomic mass is 9.82. The second-order valence-corrected chi connectivity index (χ2v) is 8.39. The molecule has 0 radical (unpaired) electrons. The molecular weight excluding hydrogens is 374 g/mol. The Bertz CT molecular complexity index is 1010. The predicted molar refractivity (Wildman–Crippen MR) is 107 cm³/mol. The number of hydrogen-bond acceptors (Lipinski definition) is 6. The average molecular weight is 395 g/mol. The molecule has 8 heteroatoms. The number of aromatic nitrogens is 3. The van der Waals surface area contributed by atoms with Crippen LogP contribution in [0.3, 0.4) is 0 Å². The maximum atomic E-state index is 12.6. The first-order valence-corrected chi connectivity index (χ1v) is 10.2. The lowest BCUT2D eigenvalue weighted by Gasteiger charge is -2.44. The number of carbonyl (C=O) groups is 1. The van der Waals surface area contributed by atoms with Crippen LogP contribution in [-0.2, 0) is 16.8 Å². The van der Waals surface area contributed by atoms with Gasteiger partial charge in [-0.3, -0.25) is 9.89 Å². The van der Waals surface area contributed by atoms with Gasteiger partial charge in [0.2, 0.25) is 0 Å². The minimum Gasteiger partial charge on any atom is -0.384 e. The summed E-state index contributed by atoms with van der Waals surface area (Å²) < 4.78 is 6.33. The number of thiophene rings is 1. The molecule has 2 aliphatic heterocycles. The van der Waals surface area contributed by atoms with E-state index in [4.69, 9.17) is 10.5 Å². The number of nitrogens with one attached hydrogen (secondary N) is 1. The number of hydrogen-bond donors (Lipinski definition) is 2. The average Bonchev–Trinajstić information content (AvgIpc) is 3.39. The fraction of sp³-hybridized carbons (Fsp3) is 0.350. The van der Waals surface area contributed by atoms with E-state index >= 15 is 0 Å². The zero-order valence-corrected chi connectivity index (χ0v) is 16.2. The Morgan fingerprint density at radius 1 is 1.29 bits per heavy atom. The van der Waals surface area contributed by atoms with Gasteiger partial charge in [0.1, 0.15) is 11.5 Å². The molecule has 1 saturated heterocycles. The Morgan fingerprint density at radius 2 is 2.14 bits per heavy atom. The molecule has 144 valence electrons. The lowest BCUT2D eigenvalue weighted by Crippen LogP contribution is -2.48. The summed E-state index contributed by atoms with van der Waals surface area (Å²) in [6, 6.07) is 9.65. The van der Waals surface area contributed by atoms with E-state index in [1.807, 2.05) is 17.0 Å². The van der Waals surface area contributed by atoms with Gasteiger partial charge in [-0.2, -0.15) is 5.10 Å². The Kier molecular flexibility index (Phi) is 4.17. The van der Waals surface area contributed by atoms with E-state index < -0.39 is 0 Å². The second kappa shape index (κ2) is 6.72. The summed E-state index contributed by atoms with van der Waals surface area (Å²) in [5.41, 5.74) is 8.25. The first-order valence-electron chi connectivity index (χ1n) is 9.43. The van der Waals surface area contributed by atoms with Gasteiger partial charge >= 0.3 is 0 Å². The molecule has 0 aliphatic carbocycles. The molecule has 28 heavy (non-hydrogen) atoms. The smallest absolute Gasteiger partial charge is 0.271 e. The number of nitrogens with two attached hydrogens (primary N) is 1. The van der Waals surface area contributed by atoms with Gasteiger partial charge in [-0.1, -0.05) is 6.07 Å². The van der Waals surface area contributed by atoms with E-state index in [0.717, 1.165) is 29.8 Å². The molecule has 3 aromatic heterocycles. The lowest BCUT2D eigenvalue weighted by molar-refractivity contribution is -0.0926. The highest BCUT2D eigenvalue weighted by atomic mass is 32.1. The number of ether oxygens (including phenoxy) is 1. The van der Waals surface area contributed by atoms with Crippen molar-refractivity contribution >= 4 is 23.1 Å². The van der Waals surface area contributed by atoms with E-state index in [0.29, 0.717) is 31.2 Å². The van der Waals surface area contributed by atoms with Crippen LogP contribution in [0.25, 0.3) is 10.6 Å². The third-order valence-electron chi connectivity index (χ3n) is 5.62. The first-order chi connectivity index (χ1) is 13.6. The van der Waals surface area contributed by atoms with Crippen LogP contribution >= 0.6 is 11.3 Å². The predicted octanol–water partition coefficient (Wildman–Crippen LogP) is 2.82. The van der Waals surface area contributed by atoms with Crippen molar-refractivity contribution < 1.29 is 9.53 Å². The topological polar surface area (TPSA) is 97.1 Å². The Labute approximate surface area is 166 Å². The van der Waals surface area contributed by atoms with Crippen LogP contribution in [0.2, 0.25) is 0 Å². The Hall–Kier alpha value is -2.71. The van der Waals surface area contributed by atoms with Crippen LogP contribution in [0.5, 0.6) is 0 Å². The van der Waals surface area contributed by atoms with Crippen molar-refractivity contribution in [2.45, 2.75) is 24.9 Å². The summed E-state index contributed by atoms with van der Waals surface area (Å²) in [7, 11) is 0. The van der Waals surface area contributed by atoms with Gasteiger partial charge in [0.25, 0.3) is 5.91 Å². The molecule has 1 amide bonds. The fourth-order valence-electron chi connectivity index (χ4n) is 4.16. The summed E-state index contributed by atoms with van der Waals surface area (Å²) in [6.07, 6.45) is 4.11. The number of aromatic amines is 1. The van der Waals surface area contributed by atoms with E-state index in [-0.39, 0.29) is 11.5 Å². The second-order valence-electron chi connectivity index (χ2n) is 7.25.